The van der Waals surface area contributed by atoms with E-state index in [-0.39, 0.29) is 40.6 Å². The van der Waals surface area contributed by atoms with Crippen LogP contribution in [0, 0.1) is 10.1 Å². The van der Waals surface area contributed by atoms with Gasteiger partial charge < -0.3 is 14.8 Å². The molecule has 0 aliphatic carbocycles. The molecule has 0 aliphatic heterocycles. The molecular weight excluding hydrogens is 594 g/mol. The Morgan fingerprint density at radius 1 is 1.00 bits per heavy atom. The summed E-state index contributed by atoms with van der Waals surface area (Å²) in [4.78, 5) is 51.8. The minimum Gasteiger partial charge on any atom is -0.457 e. The zero-order valence-electron chi connectivity index (χ0n) is 20.1. The van der Waals surface area contributed by atoms with Crippen LogP contribution >= 0.6 is 27.5 Å². The van der Waals surface area contributed by atoms with Gasteiger partial charge in [-0.05, 0) is 48.5 Å². The molecule has 0 saturated carbocycles. The summed E-state index contributed by atoms with van der Waals surface area (Å²) in [7, 11) is 0. The molecule has 1 N–H and O–H groups in total. The van der Waals surface area contributed by atoms with Crippen LogP contribution in [0.1, 0.15) is 23.2 Å². The summed E-state index contributed by atoms with van der Waals surface area (Å²) in [5.41, 5.74) is 1.05. The second-order valence-electron chi connectivity index (χ2n) is 8.10. The summed E-state index contributed by atoms with van der Waals surface area (Å²) in [6.45, 7) is -0.516. The Balaban J connectivity index is 1.26. The lowest BCUT2D eigenvalue weighted by Gasteiger charge is -2.10. The number of anilines is 1. The Kier molecular flexibility index (Phi) is 8.84. The number of carbonyl (C=O) groups excluding carboxylic acids is 3. The number of fused-ring (bicyclic) bond motifs is 1. The number of nitro benzene ring substituents is 1. The van der Waals surface area contributed by atoms with Crippen molar-refractivity contribution in [2.75, 3.05) is 11.9 Å². The van der Waals surface area contributed by atoms with Crippen LogP contribution in [0.2, 0.25) is 5.02 Å². The van der Waals surface area contributed by atoms with Crippen LogP contribution in [-0.4, -0.2) is 34.2 Å². The molecule has 0 aliphatic rings. The predicted octanol–water partition coefficient (Wildman–Crippen LogP) is 6.50. The number of Topliss-reactive ketones (excluding diaryl/α,β-unsaturated/α-hetero) is 1. The third-order valence-electron chi connectivity index (χ3n) is 5.45. The van der Waals surface area contributed by atoms with Gasteiger partial charge in [0.2, 0.25) is 11.7 Å². The molecule has 1 amide bonds. The molecule has 1 heterocycles. The number of ketones is 1. The van der Waals surface area contributed by atoms with E-state index in [2.05, 4.69) is 26.2 Å². The summed E-state index contributed by atoms with van der Waals surface area (Å²) < 4.78 is 11.4. The number of amides is 1. The minimum atomic E-state index is -0.705. The number of esters is 1. The van der Waals surface area contributed by atoms with Crippen molar-refractivity contribution in [2.45, 2.75) is 12.8 Å². The van der Waals surface area contributed by atoms with Gasteiger partial charge in [-0.2, -0.15) is 0 Å². The monoisotopic (exact) mass is 611 g/mol. The molecule has 39 heavy (non-hydrogen) atoms. The molecule has 0 saturated heterocycles. The fourth-order valence-electron chi connectivity index (χ4n) is 3.54. The molecule has 4 aromatic rings. The van der Waals surface area contributed by atoms with Gasteiger partial charge >= 0.3 is 11.7 Å². The van der Waals surface area contributed by atoms with Gasteiger partial charge in [0.1, 0.15) is 5.75 Å². The summed E-state index contributed by atoms with van der Waals surface area (Å²) in [6, 6.07) is 17.0. The van der Waals surface area contributed by atoms with Gasteiger partial charge in [0.05, 0.1) is 27.6 Å². The highest BCUT2D eigenvalue weighted by Gasteiger charge is 2.19. The summed E-state index contributed by atoms with van der Waals surface area (Å²) in [5, 5.41) is 14.8. The van der Waals surface area contributed by atoms with Crippen molar-refractivity contribution in [3.63, 3.8) is 0 Å². The van der Waals surface area contributed by atoms with E-state index < -0.39 is 29.2 Å². The van der Waals surface area contributed by atoms with Crippen molar-refractivity contribution in [2.24, 2.45) is 0 Å². The molecule has 0 radical (unpaired) electrons. The number of pyridine rings is 1. The Bertz CT molecular complexity index is 1580. The quantitative estimate of drug-likeness (QED) is 0.0928. The smallest absolute Gasteiger partial charge is 0.313 e. The van der Waals surface area contributed by atoms with E-state index in [1.165, 1.54) is 42.5 Å². The van der Waals surface area contributed by atoms with Gasteiger partial charge in [-0.3, -0.25) is 29.5 Å². The number of hydrogen-bond donors (Lipinski definition) is 1. The average molecular weight is 613 g/mol. The third kappa shape index (κ3) is 6.95. The second kappa shape index (κ2) is 12.5. The van der Waals surface area contributed by atoms with Crippen LogP contribution in [0.5, 0.6) is 11.5 Å². The maximum atomic E-state index is 12.4. The van der Waals surface area contributed by atoms with Crippen LogP contribution < -0.4 is 10.1 Å². The van der Waals surface area contributed by atoms with E-state index in [0.717, 1.165) is 9.86 Å². The molecule has 10 nitrogen and oxygen atoms in total. The van der Waals surface area contributed by atoms with Crippen LogP contribution in [-0.2, 0) is 14.3 Å². The molecule has 0 bridgehead atoms. The number of carbonyl (C=O) groups is 3. The standard InChI is InChI=1S/C27H19BrClN3O7/c28-19-10-11-21(26-18(19)3-2-14-30-26)31-24(34)12-13-25(35)38-15-23(33)16-6-8-17(9-7-16)39-27-20(29)4-1-5-22(27)32(36)37/h1-11,14H,12-13,15H2,(H,31,34). The van der Waals surface area contributed by atoms with Crippen molar-refractivity contribution < 1.29 is 28.8 Å². The first-order chi connectivity index (χ1) is 18.7. The van der Waals surface area contributed by atoms with E-state index in [4.69, 9.17) is 21.1 Å². The molecule has 3 aromatic carbocycles. The highest BCUT2D eigenvalue weighted by molar-refractivity contribution is 9.10. The Morgan fingerprint density at radius 2 is 1.77 bits per heavy atom. The van der Waals surface area contributed by atoms with E-state index in [9.17, 15) is 24.5 Å². The van der Waals surface area contributed by atoms with E-state index in [1.54, 1.807) is 24.4 Å². The average Bonchev–Trinajstić information content (AvgIpc) is 2.93. The van der Waals surface area contributed by atoms with Gasteiger partial charge in [-0.1, -0.05) is 39.7 Å². The van der Waals surface area contributed by atoms with Gasteiger partial charge in [0, 0.05) is 34.1 Å². The van der Waals surface area contributed by atoms with Gasteiger partial charge in [0.25, 0.3) is 0 Å². The van der Waals surface area contributed by atoms with Crippen molar-refractivity contribution in [3.05, 3.63) is 98.1 Å². The molecule has 0 spiro atoms. The first kappa shape index (κ1) is 27.7. The Labute approximate surface area is 235 Å². The van der Waals surface area contributed by atoms with Crippen molar-refractivity contribution >= 4 is 67.5 Å². The molecule has 4 rings (SSSR count). The fourth-order valence-corrected chi connectivity index (χ4v) is 4.20. The molecule has 198 valence electrons. The number of nitro groups is 1. The van der Waals surface area contributed by atoms with Gasteiger partial charge in [0.15, 0.2) is 12.4 Å². The molecular formula is C27H19BrClN3O7. The van der Waals surface area contributed by atoms with Gasteiger partial charge in [-0.15, -0.1) is 0 Å². The number of ether oxygens (including phenoxy) is 2. The molecule has 0 atom stereocenters. The molecule has 0 fully saturated rings. The van der Waals surface area contributed by atoms with Crippen LogP contribution in [0.15, 0.2) is 77.4 Å². The number of para-hydroxylation sites is 1. The third-order valence-corrected chi connectivity index (χ3v) is 6.44. The highest BCUT2D eigenvalue weighted by atomic mass is 79.9. The summed E-state index contributed by atoms with van der Waals surface area (Å²) in [6.07, 6.45) is 1.26. The first-order valence-electron chi connectivity index (χ1n) is 11.5. The summed E-state index contributed by atoms with van der Waals surface area (Å²) in [5.74, 6) is -1.48. The number of nitrogens with zero attached hydrogens (tertiary/aromatic N) is 2. The number of nitrogens with one attached hydrogen (secondary N) is 1. The zero-order valence-corrected chi connectivity index (χ0v) is 22.4. The number of halogens is 2. The van der Waals surface area contributed by atoms with Crippen LogP contribution in [0.3, 0.4) is 0 Å². The SMILES string of the molecule is O=C(CCC(=O)OCC(=O)c1ccc(Oc2c(Cl)cccc2[N+](=O)[O-])cc1)Nc1ccc(Br)c2cccnc12. The topological polar surface area (TPSA) is 138 Å². The number of benzene rings is 3. The van der Waals surface area contributed by atoms with Crippen molar-refractivity contribution in [1.82, 2.24) is 4.98 Å². The van der Waals surface area contributed by atoms with E-state index >= 15 is 0 Å². The number of aromatic nitrogens is 1. The lowest BCUT2D eigenvalue weighted by molar-refractivity contribution is -0.385. The Morgan fingerprint density at radius 3 is 2.51 bits per heavy atom. The maximum absolute atomic E-state index is 12.4. The molecule has 12 heteroatoms. The first-order valence-corrected chi connectivity index (χ1v) is 12.6. The number of hydrogen-bond acceptors (Lipinski definition) is 8. The van der Waals surface area contributed by atoms with Gasteiger partial charge in [-0.25, -0.2) is 0 Å². The van der Waals surface area contributed by atoms with Crippen LogP contribution in [0.4, 0.5) is 11.4 Å². The second-order valence-corrected chi connectivity index (χ2v) is 9.36. The summed E-state index contributed by atoms with van der Waals surface area (Å²) >= 11 is 9.47. The Hall–Kier alpha value is -4.35. The normalized spacial score (nSPS) is 10.6. The van der Waals surface area contributed by atoms with E-state index in [0.29, 0.717) is 11.2 Å². The van der Waals surface area contributed by atoms with Crippen molar-refractivity contribution in [3.8, 4) is 11.5 Å². The molecule has 0 unspecified atom stereocenters. The van der Waals surface area contributed by atoms with Crippen molar-refractivity contribution in [1.29, 1.82) is 0 Å². The molecule has 1 aromatic heterocycles. The van der Waals surface area contributed by atoms with Crippen LogP contribution in [0.25, 0.3) is 10.9 Å². The highest BCUT2D eigenvalue weighted by Crippen LogP contribution is 2.37. The fraction of sp³-hybridized carbons (Fsp3) is 0.111. The minimum absolute atomic E-state index is 0.0619. The van der Waals surface area contributed by atoms with E-state index in [1.807, 2.05) is 6.07 Å². The zero-order chi connectivity index (χ0) is 27.9. The largest absolute Gasteiger partial charge is 0.457 e. The lowest BCUT2D eigenvalue weighted by Crippen LogP contribution is -2.17. The maximum Gasteiger partial charge on any atom is 0.313 e. The predicted molar refractivity (Wildman–Crippen MR) is 147 cm³/mol. The lowest BCUT2D eigenvalue weighted by atomic mass is 10.1. The number of rotatable bonds is 10.